The molecule has 1 heterocycles. The molecular formula is C20H15ClN2O6. The number of ether oxygens (including phenoxy) is 2. The number of esters is 2. The number of para-hydroxylation sites is 1. The number of methoxy groups -OCH3 is 1. The van der Waals surface area contributed by atoms with Gasteiger partial charge < -0.3 is 9.47 Å². The van der Waals surface area contributed by atoms with E-state index in [1.807, 2.05) is 12.1 Å². The molecule has 2 aromatic carbocycles. The third kappa shape index (κ3) is 4.02. The molecule has 9 heteroatoms. The molecule has 0 amide bonds. The fraction of sp³-hybridized carbons (Fsp3) is 0.150. The number of fused-ring (bicyclic) bond motifs is 1. The summed E-state index contributed by atoms with van der Waals surface area (Å²) in [5.41, 5.74) is 1.22. The number of aromatic nitrogens is 1. The molecule has 0 spiro atoms. The summed E-state index contributed by atoms with van der Waals surface area (Å²) in [5, 5.41) is 11.7. The SMILES string of the molecule is COC(=O)c1c(COC(=O)c2cc([N+](=O)[O-])ccc2Cl)nc2ccccc2c1C. The highest BCUT2D eigenvalue weighted by Crippen LogP contribution is 2.26. The lowest BCUT2D eigenvalue weighted by atomic mass is 10.0. The van der Waals surface area contributed by atoms with Crippen molar-refractivity contribution in [3.05, 3.63) is 80.0 Å². The maximum atomic E-state index is 12.4. The van der Waals surface area contributed by atoms with Gasteiger partial charge in [0.1, 0.15) is 6.61 Å². The monoisotopic (exact) mass is 414 g/mol. The molecule has 8 nitrogen and oxygen atoms in total. The molecule has 0 aliphatic carbocycles. The number of hydrogen-bond donors (Lipinski definition) is 0. The highest BCUT2D eigenvalue weighted by Gasteiger charge is 2.22. The number of nitro benzene ring substituents is 1. The first-order valence-corrected chi connectivity index (χ1v) is 8.79. The minimum Gasteiger partial charge on any atom is -0.465 e. The minimum atomic E-state index is -0.873. The van der Waals surface area contributed by atoms with Crippen LogP contribution in [0.15, 0.2) is 42.5 Å². The van der Waals surface area contributed by atoms with Gasteiger partial charge in [0.15, 0.2) is 0 Å². The van der Waals surface area contributed by atoms with Gasteiger partial charge in [0.05, 0.1) is 39.4 Å². The molecule has 0 radical (unpaired) electrons. The van der Waals surface area contributed by atoms with Crippen LogP contribution >= 0.6 is 11.6 Å². The number of carbonyl (C=O) groups excluding carboxylic acids is 2. The summed E-state index contributed by atoms with van der Waals surface area (Å²) in [7, 11) is 1.25. The third-order valence-corrected chi connectivity index (χ3v) is 4.67. The number of halogens is 1. The van der Waals surface area contributed by atoms with E-state index in [-0.39, 0.29) is 34.1 Å². The minimum absolute atomic E-state index is 0.0106. The second kappa shape index (κ2) is 8.24. The maximum Gasteiger partial charge on any atom is 0.340 e. The maximum absolute atomic E-state index is 12.4. The number of nitrogens with zero attached hydrogens (tertiary/aromatic N) is 2. The van der Waals surface area contributed by atoms with Crippen molar-refractivity contribution in [2.24, 2.45) is 0 Å². The Morgan fingerprint density at radius 3 is 2.59 bits per heavy atom. The van der Waals surface area contributed by atoms with Crippen LogP contribution < -0.4 is 0 Å². The number of non-ortho nitro benzene ring substituents is 1. The third-order valence-electron chi connectivity index (χ3n) is 4.34. The lowest BCUT2D eigenvalue weighted by molar-refractivity contribution is -0.384. The second-order valence-electron chi connectivity index (χ2n) is 6.06. The molecule has 3 aromatic rings. The molecule has 148 valence electrons. The van der Waals surface area contributed by atoms with E-state index in [4.69, 9.17) is 21.1 Å². The van der Waals surface area contributed by atoms with Crippen LogP contribution in [0, 0.1) is 17.0 Å². The van der Waals surface area contributed by atoms with Crippen LogP contribution in [0.5, 0.6) is 0 Å². The lowest BCUT2D eigenvalue weighted by Crippen LogP contribution is -2.14. The summed E-state index contributed by atoms with van der Waals surface area (Å²) in [6.45, 7) is 1.41. The standard InChI is InChI=1S/C20H15ClN2O6/c1-11-13-5-3-4-6-16(13)22-17(18(11)20(25)28-2)10-29-19(24)14-9-12(23(26)27)7-8-15(14)21/h3-9H,10H2,1-2H3. The normalized spacial score (nSPS) is 10.6. The molecule has 0 saturated carbocycles. The van der Waals surface area contributed by atoms with Crippen LogP contribution in [-0.4, -0.2) is 29.0 Å². The Labute approximate surface area is 170 Å². The van der Waals surface area contributed by atoms with Gasteiger partial charge in [-0.05, 0) is 24.6 Å². The van der Waals surface area contributed by atoms with Crippen LogP contribution in [-0.2, 0) is 16.1 Å². The Bertz CT molecular complexity index is 1150. The van der Waals surface area contributed by atoms with Gasteiger partial charge in [-0.2, -0.15) is 0 Å². The number of aryl methyl sites for hydroxylation is 1. The highest BCUT2D eigenvalue weighted by atomic mass is 35.5. The van der Waals surface area contributed by atoms with Gasteiger partial charge >= 0.3 is 11.9 Å². The fourth-order valence-corrected chi connectivity index (χ4v) is 3.11. The Hall–Kier alpha value is -3.52. The van der Waals surface area contributed by atoms with Crippen molar-refractivity contribution in [2.75, 3.05) is 7.11 Å². The van der Waals surface area contributed by atoms with Crippen LogP contribution in [0.1, 0.15) is 32.0 Å². The number of benzene rings is 2. The van der Waals surface area contributed by atoms with Crippen molar-refractivity contribution in [1.82, 2.24) is 4.98 Å². The second-order valence-corrected chi connectivity index (χ2v) is 6.47. The zero-order valence-corrected chi connectivity index (χ0v) is 16.2. The summed E-state index contributed by atoms with van der Waals surface area (Å²) in [5.74, 6) is -1.48. The highest BCUT2D eigenvalue weighted by molar-refractivity contribution is 6.33. The molecule has 29 heavy (non-hydrogen) atoms. The average Bonchev–Trinajstić information content (AvgIpc) is 2.71. The van der Waals surface area contributed by atoms with Crippen LogP contribution in [0.25, 0.3) is 10.9 Å². The Morgan fingerprint density at radius 1 is 1.17 bits per heavy atom. The summed E-state index contributed by atoms with van der Waals surface area (Å²) < 4.78 is 10.1. The molecule has 0 N–H and O–H groups in total. The van der Waals surface area contributed by atoms with Crippen molar-refractivity contribution in [2.45, 2.75) is 13.5 Å². The van der Waals surface area contributed by atoms with E-state index in [9.17, 15) is 19.7 Å². The van der Waals surface area contributed by atoms with Crippen molar-refractivity contribution in [3.8, 4) is 0 Å². The number of pyridine rings is 1. The molecular weight excluding hydrogens is 400 g/mol. The molecule has 0 saturated heterocycles. The van der Waals surface area contributed by atoms with Gasteiger partial charge in [0.2, 0.25) is 0 Å². The number of hydrogen-bond acceptors (Lipinski definition) is 7. The summed E-state index contributed by atoms with van der Waals surface area (Å²) in [4.78, 5) is 39.4. The van der Waals surface area contributed by atoms with Gasteiger partial charge in [0, 0.05) is 17.5 Å². The summed E-state index contributed by atoms with van der Waals surface area (Å²) in [6, 6.07) is 10.7. The van der Waals surface area contributed by atoms with Crippen molar-refractivity contribution in [1.29, 1.82) is 0 Å². The quantitative estimate of drug-likeness (QED) is 0.348. The lowest BCUT2D eigenvalue weighted by Gasteiger charge is -2.13. The number of carbonyl (C=O) groups is 2. The summed E-state index contributed by atoms with van der Waals surface area (Å²) in [6.07, 6.45) is 0. The molecule has 1 aromatic heterocycles. The first-order chi connectivity index (χ1) is 13.8. The molecule has 0 fully saturated rings. The zero-order chi connectivity index (χ0) is 21.1. The predicted octanol–water partition coefficient (Wildman–Crippen LogP) is 4.25. The van der Waals surface area contributed by atoms with Crippen LogP contribution in [0.2, 0.25) is 5.02 Å². The van der Waals surface area contributed by atoms with E-state index < -0.39 is 16.9 Å². The molecule has 0 aliphatic heterocycles. The number of rotatable bonds is 5. The van der Waals surface area contributed by atoms with Crippen molar-refractivity contribution >= 4 is 40.1 Å². The average molecular weight is 415 g/mol. The van der Waals surface area contributed by atoms with Gasteiger partial charge in [-0.25, -0.2) is 14.6 Å². The van der Waals surface area contributed by atoms with E-state index in [0.717, 1.165) is 11.5 Å². The van der Waals surface area contributed by atoms with E-state index in [1.54, 1.807) is 19.1 Å². The number of nitro groups is 1. The van der Waals surface area contributed by atoms with Gasteiger partial charge in [0.25, 0.3) is 5.69 Å². The predicted molar refractivity (Wildman–Crippen MR) is 105 cm³/mol. The molecule has 0 aliphatic rings. The van der Waals surface area contributed by atoms with Crippen LogP contribution in [0.4, 0.5) is 5.69 Å². The molecule has 0 bridgehead atoms. The largest absolute Gasteiger partial charge is 0.465 e. The Morgan fingerprint density at radius 2 is 1.90 bits per heavy atom. The van der Waals surface area contributed by atoms with E-state index in [0.29, 0.717) is 11.1 Å². The Kier molecular flexibility index (Phi) is 5.74. The summed E-state index contributed by atoms with van der Waals surface area (Å²) >= 11 is 5.97. The smallest absolute Gasteiger partial charge is 0.340 e. The van der Waals surface area contributed by atoms with E-state index in [2.05, 4.69) is 4.98 Å². The van der Waals surface area contributed by atoms with Gasteiger partial charge in [-0.3, -0.25) is 10.1 Å². The fourth-order valence-electron chi connectivity index (χ4n) is 2.91. The van der Waals surface area contributed by atoms with E-state index >= 15 is 0 Å². The molecule has 0 unspecified atom stereocenters. The zero-order valence-electron chi connectivity index (χ0n) is 15.5. The van der Waals surface area contributed by atoms with Crippen LogP contribution in [0.3, 0.4) is 0 Å². The topological polar surface area (TPSA) is 109 Å². The Balaban J connectivity index is 1.96. The van der Waals surface area contributed by atoms with Gasteiger partial charge in [-0.1, -0.05) is 29.8 Å². The van der Waals surface area contributed by atoms with Crippen molar-refractivity contribution in [3.63, 3.8) is 0 Å². The molecule has 3 rings (SSSR count). The van der Waals surface area contributed by atoms with Crippen molar-refractivity contribution < 1.29 is 24.0 Å². The first kappa shape index (κ1) is 20.2. The van der Waals surface area contributed by atoms with Gasteiger partial charge in [-0.15, -0.1) is 0 Å². The van der Waals surface area contributed by atoms with E-state index in [1.165, 1.54) is 19.2 Å². The molecule has 0 atom stereocenters. The first-order valence-electron chi connectivity index (χ1n) is 8.41.